The summed E-state index contributed by atoms with van der Waals surface area (Å²) in [7, 11) is 0. The van der Waals surface area contributed by atoms with Crippen LogP contribution in [-0.4, -0.2) is 49.6 Å². The second kappa shape index (κ2) is 8.24. The lowest BCUT2D eigenvalue weighted by atomic mass is 9.92. The maximum absolute atomic E-state index is 12.8. The SMILES string of the molecule is CC(N)C1CCCN(C(=O)c2ccc(-n3cncn3)c([N+](=O)[O-])c2)C1.Cl. The van der Waals surface area contributed by atoms with Gasteiger partial charge >= 0.3 is 0 Å². The standard InChI is InChI=1S/C16H20N6O3.ClH/c1-11(17)13-3-2-6-20(8-13)16(23)12-4-5-14(15(7-12)22(24)25)21-10-18-9-19-21;/h4-5,7,9-11,13H,2-3,6,8,17H2,1H3;1H. The van der Waals surface area contributed by atoms with Crippen LogP contribution in [0.4, 0.5) is 5.69 Å². The average Bonchev–Trinajstić information content (AvgIpc) is 3.15. The maximum Gasteiger partial charge on any atom is 0.295 e. The Kier molecular flexibility index (Phi) is 6.27. The van der Waals surface area contributed by atoms with E-state index in [1.54, 1.807) is 11.0 Å². The lowest BCUT2D eigenvalue weighted by Gasteiger charge is -2.34. The topological polar surface area (TPSA) is 120 Å². The number of halogens is 1. The first kappa shape index (κ1) is 19.8. The highest BCUT2D eigenvalue weighted by Crippen LogP contribution is 2.26. The number of nitrogens with two attached hydrogens (primary N) is 1. The van der Waals surface area contributed by atoms with Crippen LogP contribution in [0.1, 0.15) is 30.1 Å². The summed E-state index contributed by atoms with van der Waals surface area (Å²) in [6.07, 6.45) is 4.55. The number of rotatable bonds is 4. The van der Waals surface area contributed by atoms with Crippen LogP contribution in [0.2, 0.25) is 0 Å². The molecule has 1 aliphatic rings. The number of amides is 1. The van der Waals surface area contributed by atoms with Crippen LogP contribution in [0.25, 0.3) is 5.69 Å². The predicted molar refractivity (Wildman–Crippen MR) is 97.5 cm³/mol. The zero-order chi connectivity index (χ0) is 18.0. The molecule has 3 rings (SSSR count). The van der Waals surface area contributed by atoms with Crippen LogP contribution in [0, 0.1) is 16.0 Å². The molecule has 2 atom stereocenters. The van der Waals surface area contributed by atoms with Gasteiger partial charge in [0.2, 0.25) is 0 Å². The number of piperidine rings is 1. The first-order valence-corrected chi connectivity index (χ1v) is 8.15. The van der Waals surface area contributed by atoms with Gasteiger partial charge in [0, 0.05) is 30.8 Å². The molecule has 1 saturated heterocycles. The Balaban J connectivity index is 0.00000243. The molecule has 2 unspecified atom stereocenters. The second-order valence-electron chi connectivity index (χ2n) is 6.31. The monoisotopic (exact) mass is 380 g/mol. The molecule has 2 N–H and O–H groups in total. The molecule has 9 nitrogen and oxygen atoms in total. The van der Waals surface area contributed by atoms with Gasteiger partial charge in [0.1, 0.15) is 18.3 Å². The van der Waals surface area contributed by atoms with Crippen molar-refractivity contribution >= 4 is 24.0 Å². The van der Waals surface area contributed by atoms with Crippen LogP contribution in [0.5, 0.6) is 0 Å². The molecule has 2 heterocycles. The van der Waals surface area contributed by atoms with Gasteiger partial charge in [0.05, 0.1) is 4.92 Å². The fourth-order valence-corrected chi connectivity index (χ4v) is 3.14. The van der Waals surface area contributed by atoms with Crippen molar-refractivity contribution in [3.63, 3.8) is 0 Å². The summed E-state index contributed by atoms with van der Waals surface area (Å²) in [5.74, 6) is 0.0423. The number of carbonyl (C=O) groups is 1. The molecule has 1 aromatic heterocycles. The molecule has 1 aliphatic heterocycles. The maximum atomic E-state index is 12.8. The Bertz CT molecular complexity index is 780. The van der Waals surface area contributed by atoms with Gasteiger partial charge in [0.25, 0.3) is 11.6 Å². The summed E-state index contributed by atoms with van der Waals surface area (Å²) in [5.41, 5.74) is 6.34. The third kappa shape index (κ3) is 4.00. The van der Waals surface area contributed by atoms with E-state index < -0.39 is 4.92 Å². The quantitative estimate of drug-likeness (QED) is 0.637. The van der Waals surface area contributed by atoms with Crippen molar-refractivity contribution in [2.75, 3.05) is 13.1 Å². The molecule has 0 bridgehead atoms. The molecule has 0 spiro atoms. The van der Waals surface area contributed by atoms with Crippen LogP contribution >= 0.6 is 12.4 Å². The average molecular weight is 381 g/mol. The highest BCUT2D eigenvalue weighted by Gasteiger charge is 2.28. The molecular weight excluding hydrogens is 360 g/mol. The Morgan fingerprint density at radius 2 is 2.23 bits per heavy atom. The Hall–Kier alpha value is -2.52. The number of likely N-dealkylation sites (tertiary alicyclic amines) is 1. The highest BCUT2D eigenvalue weighted by atomic mass is 35.5. The van der Waals surface area contributed by atoms with Gasteiger partial charge in [-0.05, 0) is 37.8 Å². The molecule has 0 radical (unpaired) electrons. The van der Waals surface area contributed by atoms with Crippen molar-refractivity contribution in [3.8, 4) is 5.69 Å². The normalized spacial score (nSPS) is 18.1. The predicted octanol–water partition coefficient (Wildman–Crippen LogP) is 1.80. The molecule has 1 fully saturated rings. The molecular formula is C16H21ClN6O3. The van der Waals surface area contributed by atoms with Crippen molar-refractivity contribution < 1.29 is 9.72 Å². The van der Waals surface area contributed by atoms with Crippen LogP contribution in [-0.2, 0) is 0 Å². The Morgan fingerprint density at radius 1 is 1.46 bits per heavy atom. The minimum atomic E-state index is -0.519. The van der Waals surface area contributed by atoms with Gasteiger partial charge in [-0.2, -0.15) is 5.10 Å². The third-order valence-electron chi connectivity index (χ3n) is 4.57. The zero-order valence-corrected chi connectivity index (χ0v) is 15.1. The number of hydrogen-bond acceptors (Lipinski definition) is 6. The first-order valence-electron chi connectivity index (χ1n) is 8.15. The minimum absolute atomic E-state index is 0. The van der Waals surface area contributed by atoms with E-state index in [1.807, 2.05) is 6.92 Å². The van der Waals surface area contributed by atoms with Gasteiger partial charge in [-0.3, -0.25) is 14.9 Å². The van der Waals surface area contributed by atoms with Crippen LogP contribution < -0.4 is 5.73 Å². The Morgan fingerprint density at radius 3 is 2.85 bits per heavy atom. The summed E-state index contributed by atoms with van der Waals surface area (Å²) < 4.78 is 1.30. The number of aromatic nitrogens is 3. The number of benzene rings is 1. The van der Waals surface area contributed by atoms with E-state index in [-0.39, 0.29) is 41.6 Å². The summed E-state index contributed by atoms with van der Waals surface area (Å²) in [6.45, 7) is 3.16. The number of nitro benzene ring substituents is 1. The van der Waals surface area contributed by atoms with E-state index in [0.717, 1.165) is 12.8 Å². The van der Waals surface area contributed by atoms with E-state index in [9.17, 15) is 14.9 Å². The smallest absolute Gasteiger partial charge is 0.295 e. The number of hydrogen-bond donors (Lipinski definition) is 1. The molecule has 0 aliphatic carbocycles. The largest absolute Gasteiger partial charge is 0.338 e. The summed E-state index contributed by atoms with van der Waals surface area (Å²) in [4.78, 5) is 29.2. The summed E-state index contributed by atoms with van der Waals surface area (Å²) >= 11 is 0. The van der Waals surface area contributed by atoms with E-state index >= 15 is 0 Å². The van der Waals surface area contributed by atoms with Crippen LogP contribution in [0.15, 0.2) is 30.9 Å². The minimum Gasteiger partial charge on any atom is -0.338 e. The molecule has 2 aromatic rings. The van der Waals surface area contributed by atoms with Gasteiger partial charge in [-0.25, -0.2) is 9.67 Å². The van der Waals surface area contributed by atoms with Crippen molar-refractivity contribution in [1.29, 1.82) is 0 Å². The van der Waals surface area contributed by atoms with E-state index in [4.69, 9.17) is 5.73 Å². The van der Waals surface area contributed by atoms with Gasteiger partial charge in [0.15, 0.2) is 0 Å². The summed E-state index contributed by atoms with van der Waals surface area (Å²) in [5, 5.41) is 15.3. The fourth-order valence-electron chi connectivity index (χ4n) is 3.14. The lowest BCUT2D eigenvalue weighted by Crippen LogP contribution is -2.45. The first-order chi connectivity index (χ1) is 12.0. The summed E-state index contributed by atoms with van der Waals surface area (Å²) in [6, 6.07) is 4.42. The molecule has 0 saturated carbocycles. The van der Waals surface area contributed by atoms with E-state index in [1.165, 1.54) is 29.5 Å². The van der Waals surface area contributed by atoms with Gasteiger partial charge in [-0.1, -0.05) is 0 Å². The number of carbonyl (C=O) groups excluding carboxylic acids is 1. The zero-order valence-electron chi connectivity index (χ0n) is 14.3. The van der Waals surface area contributed by atoms with Crippen LogP contribution in [0.3, 0.4) is 0 Å². The van der Waals surface area contributed by atoms with Crippen molar-refractivity contribution in [3.05, 3.63) is 46.5 Å². The number of nitro groups is 1. The van der Waals surface area contributed by atoms with E-state index in [0.29, 0.717) is 18.7 Å². The van der Waals surface area contributed by atoms with Crippen molar-refractivity contribution in [2.24, 2.45) is 11.7 Å². The van der Waals surface area contributed by atoms with Crippen molar-refractivity contribution in [2.45, 2.75) is 25.8 Å². The van der Waals surface area contributed by atoms with E-state index in [2.05, 4.69) is 10.1 Å². The lowest BCUT2D eigenvalue weighted by molar-refractivity contribution is -0.384. The molecule has 1 aromatic carbocycles. The van der Waals surface area contributed by atoms with Gasteiger partial charge in [-0.15, -0.1) is 12.4 Å². The molecule has 10 heteroatoms. The second-order valence-corrected chi connectivity index (χ2v) is 6.31. The third-order valence-corrected chi connectivity index (χ3v) is 4.57. The van der Waals surface area contributed by atoms with Gasteiger partial charge < -0.3 is 10.6 Å². The molecule has 140 valence electrons. The molecule has 1 amide bonds. The highest BCUT2D eigenvalue weighted by molar-refractivity contribution is 5.95. The Labute approximate surface area is 156 Å². The van der Waals surface area contributed by atoms with Crippen molar-refractivity contribution in [1.82, 2.24) is 19.7 Å². The molecule has 26 heavy (non-hydrogen) atoms. The number of nitrogens with zero attached hydrogens (tertiary/aromatic N) is 5. The fraction of sp³-hybridized carbons (Fsp3) is 0.438.